The highest BCUT2D eigenvalue weighted by molar-refractivity contribution is 7.91. The topological polar surface area (TPSA) is 65.0 Å². The minimum absolute atomic E-state index is 0.0290. The van der Waals surface area contributed by atoms with Crippen LogP contribution in [0.25, 0.3) is 22.2 Å². The summed E-state index contributed by atoms with van der Waals surface area (Å²) in [6.45, 7) is 5.94. The van der Waals surface area contributed by atoms with Gasteiger partial charge in [0.15, 0.2) is 0 Å². The van der Waals surface area contributed by atoms with Gasteiger partial charge in [0.2, 0.25) is 0 Å². The first-order valence-corrected chi connectivity index (χ1v) is 13.1. The van der Waals surface area contributed by atoms with Crippen molar-refractivity contribution in [3.8, 4) is 11.3 Å². The molecule has 0 aliphatic carbocycles. The highest BCUT2D eigenvalue weighted by Gasteiger charge is 2.27. The second-order valence-electron chi connectivity index (χ2n) is 8.62. The van der Waals surface area contributed by atoms with Gasteiger partial charge in [-0.1, -0.05) is 85.8 Å². The number of rotatable bonds is 8. The molecule has 4 aromatic rings. The molecule has 1 amide bonds. The van der Waals surface area contributed by atoms with Crippen LogP contribution in [0.1, 0.15) is 54.7 Å². The normalized spacial score (nSPS) is 13.1. The summed E-state index contributed by atoms with van der Waals surface area (Å²) >= 11 is -1.15. The van der Waals surface area contributed by atoms with E-state index >= 15 is 0 Å². The van der Waals surface area contributed by atoms with Crippen molar-refractivity contribution in [3.05, 3.63) is 102 Å². The monoisotopic (exact) mass is 470 g/mol. The van der Waals surface area contributed by atoms with Crippen molar-refractivity contribution in [2.24, 2.45) is 0 Å². The van der Waals surface area contributed by atoms with Gasteiger partial charge in [0, 0.05) is 16.5 Å². The molecule has 4 nitrogen and oxygen atoms in total. The van der Waals surface area contributed by atoms with E-state index in [2.05, 4.69) is 12.2 Å². The van der Waals surface area contributed by atoms with Crippen molar-refractivity contribution in [2.75, 3.05) is 0 Å². The quantitative estimate of drug-likeness (QED) is 0.301. The maximum absolute atomic E-state index is 13.9. The Morgan fingerprint density at radius 2 is 1.56 bits per heavy atom. The van der Waals surface area contributed by atoms with Gasteiger partial charge in [-0.25, -0.2) is 4.98 Å². The van der Waals surface area contributed by atoms with Gasteiger partial charge < -0.3 is 9.87 Å². The van der Waals surface area contributed by atoms with Crippen LogP contribution in [0.5, 0.6) is 0 Å². The van der Waals surface area contributed by atoms with E-state index in [4.69, 9.17) is 4.98 Å². The third kappa shape index (κ3) is 5.16. The minimum atomic E-state index is -1.15. The van der Waals surface area contributed by atoms with Crippen LogP contribution >= 0.6 is 0 Å². The zero-order chi connectivity index (χ0) is 24.1. The summed E-state index contributed by atoms with van der Waals surface area (Å²) in [5.74, 6) is 0.104. The molecular weight excluding hydrogens is 440 g/mol. The molecule has 2 atom stereocenters. The van der Waals surface area contributed by atoms with Gasteiger partial charge in [-0.05, 0) is 43.1 Å². The molecule has 0 saturated carbocycles. The maximum atomic E-state index is 13.9. The third-order valence-electron chi connectivity index (χ3n) is 6.00. The Morgan fingerprint density at radius 3 is 2.21 bits per heavy atom. The standard InChI is InChI=1S/C29H30N2O2S/c1-4-25(21-13-7-5-8-14-21)31-29(32)27-23-17-11-12-18-26(23)30-28(22-15-9-6-10-16-22)24(27)19-34(33)20(2)3/h5-18,20,25H,4,19H2,1-3H3,(H,31,32)/t25-,34?/m0/s1. The van der Waals surface area contributed by atoms with Crippen molar-refractivity contribution in [3.63, 3.8) is 0 Å². The van der Waals surface area contributed by atoms with Crippen LogP contribution in [0.2, 0.25) is 0 Å². The first-order chi connectivity index (χ1) is 16.5. The molecule has 3 aromatic carbocycles. The lowest BCUT2D eigenvalue weighted by atomic mass is 9.96. The smallest absolute Gasteiger partial charge is 0.252 e. The van der Waals surface area contributed by atoms with Gasteiger partial charge in [0.05, 0.1) is 22.8 Å². The van der Waals surface area contributed by atoms with E-state index in [0.29, 0.717) is 11.3 Å². The van der Waals surface area contributed by atoms with Crippen LogP contribution < -0.4 is 5.32 Å². The number of fused-ring (bicyclic) bond motifs is 1. The molecule has 5 heteroatoms. The lowest BCUT2D eigenvalue weighted by Crippen LogP contribution is -2.30. The molecule has 1 heterocycles. The average Bonchev–Trinajstić information content (AvgIpc) is 2.87. The molecule has 0 aliphatic heterocycles. The summed E-state index contributed by atoms with van der Waals surface area (Å²) in [5, 5.41) is 3.99. The number of aromatic nitrogens is 1. The van der Waals surface area contributed by atoms with Gasteiger partial charge in [-0.15, -0.1) is 0 Å². The summed E-state index contributed by atoms with van der Waals surface area (Å²) < 4.78 is 13.1. The second kappa shape index (κ2) is 10.9. The van der Waals surface area contributed by atoms with Crippen LogP contribution in [-0.4, -0.2) is 20.7 Å². The number of para-hydroxylation sites is 1. The molecule has 4 rings (SSSR count). The zero-order valence-electron chi connectivity index (χ0n) is 19.8. The molecule has 0 aliphatic rings. The van der Waals surface area contributed by atoms with Gasteiger partial charge in [0.25, 0.3) is 5.91 Å². The number of carbonyl (C=O) groups is 1. The van der Waals surface area contributed by atoms with Crippen molar-refractivity contribution in [1.82, 2.24) is 10.3 Å². The predicted octanol–water partition coefficient (Wildman–Crippen LogP) is 6.44. The van der Waals surface area contributed by atoms with E-state index < -0.39 is 11.2 Å². The van der Waals surface area contributed by atoms with E-state index in [-0.39, 0.29) is 23.0 Å². The average molecular weight is 471 g/mol. The molecule has 174 valence electrons. The number of hydrogen-bond acceptors (Lipinski definition) is 3. The number of pyridine rings is 1. The number of hydrogen-bond donors (Lipinski definition) is 1. The zero-order valence-corrected chi connectivity index (χ0v) is 20.6. The molecule has 0 fully saturated rings. The van der Waals surface area contributed by atoms with Crippen LogP contribution in [-0.2, 0) is 16.9 Å². The Hall–Kier alpha value is -3.15. The van der Waals surface area contributed by atoms with Crippen LogP contribution in [0.3, 0.4) is 0 Å². The van der Waals surface area contributed by atoms with Crippen LogP contribution in [0.15, 0.2) is 84.9 Å². The van der Waals surface area contributed by atoms with Crippen molar-refractivity contribution in [2.45, 2.75) is 44.2 Å². The van der Waals surface area contributed by atoms with E-state index in [1.165, 1.54) is 0 Å². The fourth-order valence-electron chi connectivity index (χ4n) is 4.13. The molecule has 0 spiro atoms. The fourth-order valence-corrected chi connectivity index (χ4v) is 5.03. The molecule has 34 heavy (non-hydrogen) atoms. The predicted molar refractivity (Wildman–Crippen MR) is 141 cm³/mol. The largest absolute Gasteiger partial charge is 0.616 e. The molecular formula is C29H30N2O2S. The Balaban J connectivity index is 1.90. The number of benzene rings is 3. The van der Waals surface area contributed by atoms with Gasteiger partial charge >= 0.3 is 0 Å². The molecule has 0 saturated heterocycles. The van der Waals surface area contributed by atoms with Crippen molar-refractivity contribution >= 4 is 28.0 Å². The van der Waals surface area contributed by atoms with Gasteiger partial charge in [0.1, 0.15) is 11.0 Å². The SMILES string of the molecule is CC[C@H](NC(=O)c1c(C[S+]([O-])C(C)C)c(-c2ccccc2)nc2ccccc12)c1ccccc1. The summed E-state index contributed by atoms with van der Waals surface area (Å²) in [6.07, 6.45) is 0.761. The summed E-state index contributed by atoms with van der Waals surface area (Å²) in [6, 6.07) is 27.4. The van der Waals surface area contributed by atoms with E-state index in [1.54, 1.807) is 0 Å². The second-order valence-corrected chi connectivity index (χ2v) is 10.6. The first kappa shape index (κ1) is 24.0. The van der Waals surface area contributed by atoms with E-state index in [0.717, 1.165) is 34.0 Å². The molecule has 1 unspecified atom stereocenters. The molecule has 1 aromatic heterocycles. The number of carbonyl (C=O) groups excluding carboxylic acids is 1. The number of amides is 1. The Kier molecular flexibility index (Phi) is 7.66. The minimum Gasteiger partial charge on any atom is -0.616 e. The lowest BCUT2D eigenvalue weighted by molar-refractivity contribution is 0.0936. The highest BCUT2D eigenvalue weighted by atomic mass is 32.2. The van der Waals surface area contributed by atoms with Gasteiger partial charge in [-0.2, -0.15) is 0 Å². The summed E-state index contributed by atoms with van der Waals surface area (Å²) in [4.78, 5) is 18.9. The molecule has 0 bridgehead atoms. The summed E-state index contributed by atoms with van der Waals surface area (Å²) in [5.41, 5.74) is 4.73. The van der Waals surface area contributed by atoms with Crippen LogP contribution in [0.4, 0.5) is 0 Å². The number of nitrogens with one attached hydrogen (secondary N) is 1. The Bertz CT molecular complexity index is 1260. The van der Waals surface area contributed by atoms with Crippen molar-refractivity contribution in [1.29, 1.82) is 0 Å². The first-order valence-electron chi connectivity index (χ1n) is 11.7. The van der Waals surface area contributed by atoms with E-state index in [9.17, 15) is 9.35 Å². The maximum Gasteiger partial charge on any atom is 0.252 e. The summed E-state index contributed by atoms with van der Waals surface area (Å²) in [7, 11) is 0. The highest BCUT2D eigenvalue weighted by Crippen LogP contribution is 2.33. The molecule has 0 radical (unpaired) electrons. The molecule has 1 N–H and O–H groups in total. The third-order valence-corrected chi connectivity index (χ3v) is 7.62. The fraction of sp³-hybridized carbons (Fsp3) is 0.241. The van der Waals surface area contributed by atoms with Crippen LogP contribution in [0, 0.1) is 0 Å². The Morgan fingerprint density at radius 1 is 0.941 bits per heavy atom. The number of nitrogens with zero attached hydrogens (tertiary/aromatic N) is 1. The Labute approximate surface area is 204 Å². The van der Waals surface area contributed by atoms with Gasteiger partial charge in [-0.3, -0.25) is 4.79 Å². The van der Waals surface area contributed by atoms with E-state index in [1.807, 2.05) is 98.8 Å². The van der Waals surface area contributed by atoms with Crippen molar-refractivity contribution < 1.29 is 9.35 Å². The lowest BCUT2D eigenvalue weighted by Gasteiger charge is -2.23.